The van der Waals surface area contributed by atoms with Crippen molar-refractivity contribution in [3.8, 4) is 12.3 Å². The number of carbonyl (C=O) groups excluding carboxylic acids is 2. The molecule has 0 spiro atoms. The SMILES string of the molecule is C#CCN(C(=O)c1cc(NC(=O)[C@H]2[C@H](c3cc(Cl)cc(Cl)c3)C2(Cl)Cl)ccc1Cl)c1ccc(F)cc1. The zero-order valence-corrected chi connectivity index (χ0v) is 22.0. The molecular weight excluding hydrogens is 569 g/mol. The zero-order chi connectivity index (χ0) is 26.2. The van der Waals surface area contributed by atoms with E-state index in [9.17, 15) is 14.0 Å². The van der Waals surface area contributed by atoms with Gasteiger partial charge < -0.3 is 5.32 Å². The Bertz CT molecular complexity index is 1370. The van der Waals surface area contributed by atoms with Gasteiger partial charge in [0.15, 0.2) is 0 Å². The maximum atomic E-state index is 13.4. The van der Waals surface area contributed by atoms with E-state index in [4.69, 9.17) is 64.4 Å². The number of anilines is 2. The lowest BCUT2D eigenvalue weighted by Crippen LogP contribution is -2.31. The molecule has 1 aliphatic rings. The number of carbonyl (C=O) groups is 2. The second kappa shape index (κ2) is 10.5. The quantitative estimate of drug-likeness (QED) is 0.240. The smallest absolute Gasteiger partial charge is 0.260 e. The summed E-state index contributed by atoms with van der Waals surface area (Å²) in [4.78, 5) is 27.6. The van der Waals surface area contributed by atoms with Gasteiger partial charge in [0.2, 0.25) is 5.91 Å². The minimum atomic E-state index is -1.37. The fourth-order valence-electron chi connectivity index (χ4n) is 3.95. The van der Waals surface area contributed by atoms with Gasteiger partial charge in [0.05, 0.1) is 23.0 Å². The van der Waals surface area contributed by atoms with Crippen LogP contribution in [0.2, 0.25) is 15.1 Å². The Kier molecular flexibility index (Phi) is 7.75. The molecule has 0 heterocycles. The van der Waals surface area contributed by atoms with Gasteiger partial charge in [-0.3, -0.25) is 14.5 Å². The van der Waals surface area contributed by atoms with Gasteiger partial charge >= 0.3 is 0 Å². The van der Waals surface area contributed by atoms with Crippen LogP contribution in [0, 0.1) is 24.1 Å². The number of hydrogen-bond acceptors (Lipinski definition) is 2. The van der Waals surface area contributed by atoms with E-state index >= 15 is 0 Å². The predicted molar refractivity (Wildman–Crippen MR) is 144 cm³/mol. The van der Waals surface area contributed by atoms with Gasteiger partial charge in [0.25, 0.3) is 5.91 Å². The average molecular weight is 585 g/mol. The Labute approximate surface area is 232 Å². The molecule has 1 fully saturated rings. The van der Waals surface area contributed by atoms with E-state index in [1.807, 2.05) is 0 Å². The first-order valence-corrected chi connectivity index (χ1v) is 12.4. The van der Waals surface area contributed by atoms with Crippen molar-refractivity contribution in [2.24, 2.45) is 5.92 Å². The number of halogens is 6. The fourth-order valence-corrected chi connectivity index (χ4v) is 5.52. The molecule has 184 valence electrons. The minimum Gasteiger partial charge on any atom is -0.326 e. The molecule has 0 unspecified atom stereocenters. The largest absolute Gasteiger partial charge is 0.326 e. The van der Waals surface area contributed by atoms with Crippen molar-refractivity contribution in [3.63, 3.8) is 0 Å². The molecule has 4 rings (SSSR count). The number of hydrogen-bond donors (Lipinski definition) is 1. The van der Waals surface area contributed by atoms with Crippen molar-refractivity contribution in [3.05, 3.63) is 92.7 Å². The summed E-state index contributed by atoms with van der Waals surface area (Å²) >= 11 is 31.3. The lowest BCUT2D eigenvalue weighted by Gasteiger charge is -2.21. The third kappa shape index (κ3) is 5.44. The van der Waals surface area contributed by atoms with Gasteiger partial charge in [-0.1, -0.05) is 40.7 Å². The molecule has 1 saturated carbocycles. The molecule has 0 bridgehead atoms. The van der Waals surface area contributed by atoms with Gasteiger partial charge in [-0.2, -0.15) is 0 Å². The van der Waals surface area contributed by atoms with Crippen LogP contribution in [0.15, 0.2) is 60.7 Å². The Morgan fingerprint density at radius 3 is 2.25 bits per heavy atom. The van der Waals surface area contributed by atoms with Crippen LogP contribution in [0.3, 0.4) is 0 Å². The summed E-state index contributed by atoms with van der Waals surface area (Å²) in [6, 6.07) is 14.6. The van der Waals surface area contributed by atoms with Crippen molar-refractivity contribution in [2.45, 2.75) is 10.3 Å². The molecule has 0 radical (unpaired) electrons. The van der Waals surface area contributed by atoms with Crippen LogP contribution in [-0.4, -0.2) is 22.7 Å². The minimum absolute atomic E-state index is 0.0790. The van der Waals surface area contributed by atoms with E-state index in [1.54, 1.807) is 18.2 Å². The lowest BCUT2D eigenvalue weighted by molar-refractivity contribution is -0.117. The monoisotopic (exact) mass is 582 g/mol. The molecule has 3 aromatic carbocycles. The Balaban J connectivity index is 1.57. The van der Waals surface area contributed by atoms with Crippen molar-refractivity contribution < 1.29 is 14.0 Å². The third-order valence-corrected chi connectivity index (χ3v) is 7.38. The van der Waals surface area contributed by atoms with Gasteiger partial charge in [-0.05, 0) is 66.2 Å². The summed E-state index contributed by atoms with van der Waals surface area (Å²) in [7, 11) is 0. The predicted octanol–water partition coefficient (Wildman–Crippen LogP) is 7.59. The lowest BCUT2D eigenvalue weighted by atomic mass is 10.1. The van der Waals surface area contributed by atoms with Gasteiger partial charge in [-0.15, -0.1) is 29.6 Å². The standard InChI is InChI=1S/C26H16Cl5FN2O2/c1-2-9-34(19-6-3-17(32)4-7-19)25(36)20-13-18(5-8-21(20)29)33-24(35)23-22(26(23,30)31)14-10-15(27)12-16(28)11-14/h1,3-8,10-13,22-23H,9H2,(H,33,35)/t22-,23+/m0/s1. The number of alkyl halides is 2. The summed E-state index contributed by atoms with van der Waals surface area (Å²) in [5.41, 5.74) is 1.41. The molecular formula is C26H16Cl5FN2O2. The van der Waals surface area contributed by atoms with Crippen LogP contribution in [0.25, 0.3) is 0 Å². The summed E-state index contributed by atoms with van der Waals surface area (Å²) in [5, 5.41) is 3.67. The van der Waals surface area contributed by atoms with Gasteiger partial charge in [-0.25, -0.2) is 4.39 Å². The fraction of sp³-hybridized carbons (Fsp3) is 0.154. The van der Waals surface area contributed by atoms with Crippen LogP contribution in [0.5, 0.6) is 0 Å². The molecule has 0 aromatic heterocycles. The number of nitrogens with zero attached hydrogens (tertiary/aromatic N) is 1. The first-order chi connectivity index (χ1) is 17.0. The number of terminal acetylenes is 1. The van der Waals surface area contributed by atoms with Crippen LogP contribution in [0.1, 0.15) is 21.8 Å². The van der Waals surface area contributed by atoms with Crippen molar-refractivity contribution >= 4 is 81.2 Å². The maximum absolute atomic E-state index is 13.4. The molecule has 2 atom stereocenters. The Hall–Kier alpha value is -2.46. The van der Waals surface area contributed by atoms with E-state index in [2.05, 4.69) is 11.2 Å². The topological polar surface area (TPSA) is 49.4 Å². The first kappa shape index (κ1) is 26.6. The van der Waals surface area contributed by atoms with E-state index in [-0.39, 0.29) is 17.1 Å². The van der Waals surface area contributed by atoms with Crippen LogP contribution in [-0.2, 0) is 4.79 Å². The van der Waals surface area contributed by atoms with Crippen molar-refractivity contribution in [1.82, 2.24) is 0 Å². The summed E-state index contributed by atoms with van der Waals surface area (Å²) in [5.74, 6) is -0.352. The molecule has 0 saturated heterocycles. The molecule has 1 N–H and O–H groups in total. The summed E-state index contributed by atoms with van der Waals surface area (Å²) in [6.07, 6.45) is 5.44. The average Bonchev–Trinajstić information content (AvgIpc) is 3.40. The molecule has 3 aromatic rings. The molecule has 2 amide bonds. The highest BCUT2D eigenvalue weighted by Gasteiger charge is 2.67. The van der Waals surface area contributed by atoms with Gasteiger partial charge in [0.1, 0.15) is 10.2 Å². The second-order valence-corrected chi connectivity index (χ2v) is 10.8. The number of rotatable bonds is 6. The zero-order valence-electron chi connectivity index (χ0n) is 18.2. The molecule has 10 heteroatoms. The normalized spacial score (nSPS) is 17.7. The Morgan fingerprint density at radius 1 is 1.00 bits per heavy atom. The highest BCUT2D eigenvalue weighted by Crippen LogP contribution is 2.65. The van der Waals surface area contributed by atoms with E-state index in [0.29, 0.717) is 27.0 Å². The van der Waals surface area contributed by atoms with E-state index < -0.39 is 33.8 Å². The van der Waals surface area contributed by atoms with Crippen molar-refractivity contribution in [1.29, 1.82) is 0 Å². The van der Waals surface area contributed by atoms with Crippen LogP contribution in [0.4, 0.5) is 15.8 Å². The summed E-state index contributed by atoms with van der Waals surface area (Å²) < 4.78 is 12.0. The summed E-state index contributed by atoms with van der Waals surface area (Å²) in [6.45, 7) is -0.0790. The highest BCUT2D eigenvalue weighted by molar-refractivity contribution is 6.53. The first-order valence-electron chi connectivity index (χ1n) is 10.5. The highest BCUT2D eigenvalue weighted by atomic mass is 35.5. The Morgan fingerprint density at radius 2 is 1.64 bits per heavy atom. The number of benzene rings is 3. The molecule has 36 heavy (non-hydrogen) atoms. The van der Waals surface area contributed by atoms with E-state index in [1.165, 1.54) is 47.4 Å². The van der Waals surface area contributed by atoms with Crippen molar-refractivity contribution in [2.75, 3.05) is 16.8 Å². The van der Waals surface area contributed by atoms with Crippen LogP contribution >= 0.6 is 58.0 Å². The number of amides is 2. The number of nitrogens with one attached hydrogen (secondary N) is 1. The molecule has 4 nitrogen and oxygen atoms in total. The molecule has 1 aliphatic carbocycles. The van der Waals surface area contributed by atoms with E-state index in [0.717, 1.165) is 0 Å². The van der Waals surface area contributed by atoms with Gasteiger partial charge in [0, 0.05) is 27.3 Å². The molecule has 0 aliphatic heterocycles. The maximum Gasteiger partial charge on any atom is 0.260 e. The second-order valence-electron chi connectivity index (χ2n) is 8.09. The third-order valence-electron chi connectivity index (χ3n) is 5.68. The van der Waals surface area contributed by atoms with Crippen LogP contribution < -0.4 is 10.2 Å².